The third kappa shape index (κ3) is 4.37. The number of amides is 3. The summed E-state index contributed by atoms with van der Waals surface area (Å²) in [6.07, 6.45) is 0. The van der Waals surface area contributed by atoms with Crippen LogP contribution in [0.15, 0.2) is 28.2 Å². The maximum absolute atomic E-state index is 12.9. The molecule has 0 aliphatic heterocycles. The number of fused-ring (bicyclic) bond motifs is 1. The van der Waals surface area contributed by atoms with Gasteiger partial charge in [-0.3, -0.25) is 19.5 Å². The number of aromatic nitrogens is 2. The predicted octanol–water partition coefficient (Wildman–Crippen LogP) is 2.94. The zero-order valence-corrected chi connectivity index (χ0v) is 16.5. The molecular weight excluding hydrogens is 376 g/mol. The fraction of sp³-hybridized carbons (Fsp3) is 0.412. The van der Waals surface area contributed by atoms with Crippen molar-refractivity contribution in [2.24, 2.45) is 11.7 Å². The van der Waals surface area contributed by atoms with E-state index < -0.39 is 17.2 Å². The van der Waals surface area contributed by atoms with Crippen molar-refractivity contribution in [2.45, 2.75) is 44.1 Å². The molecule has 0 radical (unpaired) electrons. The second kappa shape index (κ2) is 8.09. The lowest BCUT2D eigenvalue weighted by molar-refractivity contribution is -0.120. The molecule has 3 amide bonds. The predicted molar refractivity (Wildman–Crippen MR) is 104 cm³/mol. The van der Waals surface area contributed by atoms with Gasteiger partial charge in [0.1, 0.15) is 0 Å². The minimum absolute atomic E-state index is 0.119. The van der Waals surface area contributed by atoms with Gasteiger partial charge in [-0.25, -0.2) is 9.78 Å². The Labute approximate surface area is 160 Å². The fourth-order valence-corrected chi connectivity index (χ4v) is 3.88. The molecule has 3 N–H and O–H groups in total. The van der Waals surface area contributed by atoms with Crippen LogP contribution in [0.1, 0.15) is 33.7 Å². The van der Waals surface area contributed by atoms with Crippen LogP contribution in [0.2, 0.25) is 5.02 Å². The number of urea groups is 1. The molecule has 0 fully saturated rings. The number of imide groups is 1. The van der Waals surface area contributed by atoms with Crippen LogP contribution in [0, 0.1) is 5.92 Å². The fourth-order valence-electron chi connectivity index (χ4n) is 2.49. The van der Waals surface area contributed by atoms with Crippen molar-refractivity contribution in [1.29, 1.82) is 0 Å². The lowest BCUT2D eigenvalue weighted by Crippen LogP contribution is -2.42. The van der Waals surface area contributed by atoms with Crippen molar-refractivity contribution in [3.63, 3.8) is 0 Å². The first kappa shape index (κ1) is 20.3. The highest BCUT2D eigenvalue weighted by Gasteiger charge is 2.27. The van der Waals surface area contributed by atoms with E-state index in [1.807, 2.05) is 27.7 Å². The molecule has 1 aromatic heterocycles. The van der Waals surface area contributed by atoms with Gasteiger partial charge in [-0.15, -0.1) is 0 Å². The highest BCUT2D eigenvalue weighted by Crippen LogP contribution is 2.29. The molecule has 1 heterocycles. The number of thioether (sulfide) groups is 1. The van der Waals surface area contributed by atoms with Gasteiger partial charge in [0.2, 0.25) is 5.91 Å². The summed E-state index contributed by atoms with van der Waals surface area (Å²) in [6, 6.07) is 3.81. The zero-order chi connectivity index (χ0) is 19.6. The molecule has 140 valence electrons. The van der Waals surface area contributed by atoms with E-state index >= 15 is 0 Å². The summed E-state index contributed by atoms with van der Waals surface area (Å²) >= 11 is 7.14. The molecule has 0 saturated heterocycles. The Morgan fingerprint density at radius 2 is 1.92 bits per heavy atom. The summed E-state index contributed by atoms with van der Waals surface area (Å²) in [7, 11) is 0. The molecule has 0 saturated carbocycles. The van der Waals surface area contributed by atoms with Gasteiger partial charge in [-0.05, 0) is 38.0 Å². The second-order valence-electron chi connectivity index (χ2n) is 6.46. The molecule has 1 atom stereocenters. The van der Waals surface area contributed by atoms with Crippen LogP contribution in [0.5, 0.6) is 0 Å². The summed E-state index contributed by atoms with van der Waals surface area (Å²) < 4.78 is 1.54. The van der Waals surface area contributed by atoms with Crippen molar-refractivity contribution in [3.05, 3.63) is 33.6 Å². The number of halogens is 1. The number of hydrogen-bond acceptors (Lipinski definition) is 5. The zero-order valence-electron chi connectivity index (χ0n) is 14.9. The van der Waals surface area contributed by atoms with Crippen LogP contribution in [0.25, 0.3) is 10.9 Å². The van der Waals surface area contributed by atoms with Gasteiger partial charge in [-0.2, -0.15) is 0 Å². The summed E-state index contributed by atoms with van der Waals surface area (Å²) in [6.45, 7) is 7.41. The van der Waals surface area contributed by atoms with Gasteiger partial charge < -0.3 is 5.73 Å². The molecule has 2 rings (SSSR count). The Balaban J connectivity index is 2.59. The van der Waals surface area contributed by atoms with Crippen LogP contribution < -0.4 is 16.6 Å². The number of benzene rings is 1. The second-order valence-corrected chi connectivity index (χ2v) is 8.01. The molecule has 26 heavy (non-hydrogen) atoms. The molecule has 0 unspecified atom stereocenters. The summed E-state index contributed by atoms with van der Waals surface area (Å²) in [4.78, 5) is 40.8. The van der Waals surface area contributed by atoms with Crippen LogP contribution in [-0.2, 0) is 4.79 Å². The molecule has 0 spiro atoms. The van der Waals surface area contributed by atoms with Gasteiger partial charge in [0.15, 0.2) is 5.16 Å². The number of nitrogens with one attached hydrogen (secondary N) is 1. The first-order valence-electron chi connectivity index (χ1n) is 8.10. The molecule has 0 bridgehead atoms. The number of nitrogens with two attached hydrogens (primary N) is 1. The average molecular weight is 397 g/mol. The van der Waals surface area contributed by atoms with Crippen LogP contribution >= 0.6 is 23.4 Å². The molecule has 9 heteroatoms. The number of primary amides is 1. The van der Waals surface area contributed by atoms with Gasteiger partial charge >= 0.3 is 6.03 Å². The molecule has 0 aliphatic carbocycles. The van der Waals surface area contributed by atoms with E-state index in [2.05, 4.69) is 10.3 Å². The monoisotopic (exact) mass is 396 g/mol. The smallest absolute Gasteiger partial charge is 0.318 e. The standard InChI is InChI=1S/C17H21ClN4O3S/c1-8(2)13(14(23)21-16(19)25)26-17-20-12-7-10(18)5-6-11(12)15(24)22(17)9(3)4/h5-9,13H,1-4H3,(H3,19,21,23,25)/t13-/m1/s1. The van der Waals surface area contributed by atoms with E-state index in [9.17, 15) is 14.4 Å². The topological polar surface area (TPSA) is 107 Å². The molecule has 1 aromatic carbocycles. The Hall–Kier alpha value is -2.06. The molecule has 7 nitrogen and oxygen atoms in total. The largest absolute Gasteiger partial charge is 0.351 e. The van der Waals surface area contributed by atoms with E-state index in [1.54, 1.807) is 18.2 Å². The van der Waals surface area contributed by atoms with Crippen molar-refractivity contribution in [1.82, 2.24) is 14.9 Å². The van der Waals surface area contributed by atoms with Crippen LogP contribution in [-0.4, -0.2) is 26.7 Å². The minimum Gasteiger partial charge on any atom is -0.351 e. The minimum atomic E-state index is -0.916. The Kier molecular flexibility index (Phi) is 6.30. The van der Waals surface area contributed by atoms with E-state index in [-0.39, 0.29) is 17.5 Å². The number of nitrogens with zero attached hydrogens (tertiary/aromatic N) is 2. The molecule has 0 aliphatic rings. The number of carbonyl (C=O) groups is 2. The highest BCUT2D eigenvalue weighted by atomic mass is 35.5. The number of hydrogen-bond donors (Lipinski definition) is 2. The SMILES string of the molecule is CC(C)[C@@H](Sc1nc2cc(Cl)ccc2c(=O)n1C(C)C)C(=O)NC(N)=O. The molecular formula is C17H21ClN4O3S. The van der Waals surface area contributed by atoms with Crippen LogP contribution in [0.3, 0.4) is 0 Å². The van der Waals surface area contributed by atoms with Crippen molar-refractivity contribution in [3.8, 4) is 0 Å². The van der Waals surface area contributed by atoms with Gasteiger partial charge in [0.25, 0.3) is 5.56 Å². The van der Waals surface area contributed by atoms with Crippen molar-refractivity contribution < 1.29 is 9.59 Å². The Morgan fingerprint density at radius 1 is 1.27 bits per heavy atom. The van der Waals surface area contributed by atoms with Gasteiger partial charge in [0, 0.05) is 11.1 Å². The summed E-state index contributed by atoms with van der Waals surface area (Å²) in [5.74, 6) is -0.639. The number of carbonyl (C=O) groups excluding carboxylic acids is 2. The quantitative estimate of drug-likeness (QED) is 0.596. The maximum Gasteiger partial charge on any atom is 0.318 e. The third-order valence-corrected chi connectivity index (χ3v) is 5.44. The van der Waals surface area contributed by atoms with E-state index in [4.69, 9.17) is 17.3 Å². The Morgan fingerprint density at radius 3 is 2.46 bits per heavy atom. The first-order valence-corrected chi connectivity index (χ1v) is 9.36. The normalized spacial score (nSPS) is 12.6. The summed E-state index contributed by atoms with van der Waals surface area (Å²) in [5.41, 5.74) is 5.30. The number of rotatable bonds is 5. The van der Waals surface area contributed by atoms with E-state index in [1.165, 1.54) is 4.57 Å². The third-order valence-electron chi connectivity index (χ3n) is 3.69. The Bertz CT molecular complexity index is 911. The van der Waals surface area contributed by atoms with Gasteiger partial charge in [0.05, 0.1) is 16.2 Å². The van der Waals surface area contributed by atoms with E-state index in [0.29, 0.717) is 21.1 Å². The molecule has 2 aromatic rings. The lowest BCUT2D eigenvalue weighted by Gasteiger charge is -2.22. The average Bonchev–Trinajstić information content (AvgIpc) is 2.50. The summed E-state index contributed by atoms with van der Waals surface area (Å²) in [5, 5.41) is 2.76. The first-order chi connectivity index (χ1) is 12.1. The lowest BCUT2D eigenvalue weighted by atomic mass is 10.1. The van der Waals surface area contributed by atoms with E-state index in [0.717, 1.165) is 11.8 Å². The highest BCUT2D eigenvalue weighted by molar-refractivity contribution is 8.00. The van der Waals surface area contributed by atoms with Crippen molar-refractivity contribution in [2.75, 3.05) is 0 Å². The maximum atomic E-state index is 12.9. The van der Waals surface area contributed by atoms with Crippen molar-refractivity contribution >= 4 is 46.2 Å². The van der Waals surface area contributed by atoms with Crippen LogP contribution in [0.4, 0.5) is 4.79 Å². The van der Waals surface area contributed by atoms with Gasteiger partial charge in [-0.1, -0.05) is 37.2 Å².